The molecular weight excluding hydrogens is 242 g/mol. The Kier molecular flexibility index (Phi) is 6.89. The van der Waals surface area contributed by atoms with Crippen LogP contribution in [0.4, 0.5) is 5.82 Å². The zero-order valence-electron chi connectivity index (χ0n) is 12.0. The Morgan fingerprint density at radius 3 is 2.84 bits per heavy atom. The Balaban J connectivity index is 2.47. The van der Waals surface area contributed by atoms with E-state index in [0.29, 0.717) is 11.4 Å². The summed E-state index contributed by atoms with van der Waals surface area (Å²) in [6.45, 7) is 8.27. The molecule has 0 saturated carbocycles. The molecule has 1 aromatic heterocycles. The highest BCUT2D eigenvalue weighted by molar-refractivity contribution is 5.89. The SMILES string of the molecule is CCCN(CC)CCNc1cc(C(=O)OC)ccn1. The van der Waals surface area contributed by atoms with Crippen molar-refractivity contribution in [3.63, 3.8) is 0 Å². The van der Waals surface area contributed by atoms with Gasteiger partial charge in [-0.2, -0.15) is 0 Å². The number of methoxy groups -OCH3 is 1. The third-order valence-electron chi connectivity index (χ3n) is 2.90. The van der Waals surface area contributed by atoms with Crippen molar-refractivity contribution in [3.05, 3.63) is 23.9 Å². The molecule has 0 aromatic carbocycles. The number of likely N-dealkylation sites (N-methyl/N-ethyl adjacent to an activating group) is 1. The lowest BCUT2D eigenvalue weighted by Crippen LogP contribution is -2.29. The number of carbonyl (C=O) groups is 1. The molecule has 19 heavy (non-hydrogen) atoms. The Morgan fingerprint density at radius 1 is 1.42 bits per heavy atom. The Hall–Kier alpha value is -1.62. The predicted molar refractivity (Wildman–Crippen MR) is 76.5 cm³/mol. The van der Waals surface area contributed by atoms with E-state index in [9.17, 15) is 4.79 Å². The molecule has 1 heterocycles. The van der Waals surface area contributed by atoms with Crippen molar-refractivity contribution in [2.75, 3.05) is 38.6 Å². The van der Waals surface area contributed by atoms with Crippen molar-refractivity contribution in [1.82, 2.24) is 9.88 Å². The van der Waals surface area contributed by atoms with Gasteiger partial charge in [0.2, 0.25) is 0 Å². The number of anilines is 1. The fourth-order valence-electron chi connectivity index (χ4n) is 1.86. The average molecular weight is 265 g/mol. The Labute approximate surface area is 115 Å². The van der Waals surface area contributed by atoms with Crippen molar-refractivity contribution in [2.24, 2.45) is 0 Å². The number of aromatic nitrogens is 1. The summed E-state index contributed by atoms with van der Waals surface area (Å²) >= 11 is 0. The molecule has 0 radical (unpaired) electrons. The maximum Gasteiger partial charge on any atom is 0.338 e. The second kappa shape index (κ2) is 8.48. The standard InChI is InChI=1S/C14H23N3O2/c1-4-9-17(5-2)10-8-16-13-11-12(6-7-15-13)14(18)19-3/h6-7,11H,4-5,8-10H2,1-3H3,(H,15,16). The lowest BCUT2D eigenvalue weighted by Gasteiger charge is -2.19. The fraction of sp³-hybridized carbons (Fsp3) is 0.571. The molecule has 5 heteroatoms. The minimum Gasteiger partial charge on any atom is -0.465 e. The number of nitrogens with one attached hydrogen (secondary N) is 1. The van der Waals surface area contributed by atoms with Gasteiger partial charge in [-0.15, -0.1) is 0 Å². The number of ether oxygens (including phenoxy) is 1. The molecular formula is C14H23N3O2. The molecule has 0 saturated heterocycles. The quantitative estimate of drug-likeness (QED) is 0.729. The highest BCUT2D eigenvalue weighted by atomic mass is 16.5. The third-order valence-corrected chi connectivity index (χ3v) is 2.90. The van der Waals surface area contributed by atoms with Crippen LogP contribution in [0.5, 0.6) is 0 Å². The van der Waals surface area contributed by atoms with Gasteiger partial charge in [0.1, 0.15) is 5.82 Å². The highest BCUT2D eigenvalue weighted by Crippen LogP contribution is 2.07. The maximum atomic E-state index is 11.4. The van der Waals surface area contributed by atoms with E-state index < -0.39 is 0 Å². The highest BCUT2D eigenvalue weighted by Gasteiger charge is 2.06. The summed E-state index contributed by atoms with van der Waals surface area (Å²) < 4.78 is 4.68. The summed E-state index contributed by atoms with van der Waals surface area (Å²) in [4.78, 5) is 18.0. The molecule has 0 bridgehead atoms. The molecule has 0 amide bonds. The number of pyridine rings is 1. The van der Waals surface area contributed by atoms with Gasteiger partial charge in [-0.05, 0) is 31.6 Å². The summed E-state index contributed by atoms with van der Waals surface area (Å²) in [6, 6.07) is 3.36. The molecule has 0 spiro atoms. The van der Waals surface area contributed by atoms with Crippen LogP contribution >= 0.6 is 0 Å². The largest absolute Gasteiger partial charge is 0.465 e. The van der Waals surface area contributed by atoms with E-state index in [1.165, 1.54) is 7.11 Å². The summed E-state index contributed by atoms with van der Waals surface area (Å²) in [6.07, 6.45) is 2.77. The number of esters is 1. The first-order valence-electron chi connectivity index (χ1n) is 6.71. The molecule has 0 aliphatic carbocycles. The number of hydrogen-bond donors (Lipinski definition) is 1. The molecule has 0 aliphatic rings. The third kappa shape index (κ3) is 5.26. The van der Waals surface area contributed by atoms with Gasteiger partial charge >= 0.3 is 5.97 Å². The molecule has 5 nitrogen and oxygen atoms in total. The number of hydrogen-bond acceptors (Lipinski definition) is 5. The van der Waals surface area contributed by atoms with E-state index in [1.54, 1.807) is 18.3 Å². The van der Waals surface area contributed by atoms with Gasteiger partial charge in [0.25, 0.3) is 0 Å². The first kappa shape index (κ1) is 15.4. The zero-order chi connectivity index (χ0) is 14.1. The van der Waals surface area contributed by atoms with Crippen molar-refractivity contribution in [2.45, 2.75) is 20.3 Å². The van der Waals surface area contributed by atoms with Gasteiger partial charge in [0, 0.05) is 19.3 Å². The van der Waals surface area contributed by atoms with E-state index in [-0.39, 0.29) is 5.97 Å². The molecule has 106 valence electrons. The maximum absolute atomic E-state index is 11.4. The molecule has 1 rings (SSSR count). The van der Waals surface area contributed by atoms with Crippen LogP contribution in [0.15, 0.2) is 18.3 Å². The lowest BCUT2D eigenvalue weighted by molar-refractivity contribution is 0.0600. The summed E-state index contributed by atoms with van der Waals surface area (Å²) in [5, 5.41) is 3.23. The van der Waals surface area contributed by atoms with Crippen LogP contribution in [0.2, 0.25) is 0 Å². The monoisotopic (exact) mass is 265 g/mol. The van der Waals surface area contributed by atoms with E-state index >= 15 is 0 Å². The summed E-state index contributed by atoms with van der Waals surface area (Å²) in [5.74, 6) is 0.363. The minimum absolute atomic E-state index is 0.341. The van der Waals surface area contributed by atoms with Crippen molar-refractivity contribution in [3.8, 4) is 0 Å². The van der Waals surface area contributed by atoms with Gasteiger partial charge in [-0.25, -0.2) is 9.78 Å². The smallest absolute Gasteiger partial charge is 0.338 e. The van der Waals surface area contributed by atoms with Crippen LogP contribution in [-0.4, -0.2) is 49.1 Å². The number of rotatable bonds is 8. The van der Waals surface area contributed by atoms with Gasteiger partial charge < -0.3 is 15.0 Å². The van der Waals surface area contributed by atoms with Crippen molar-refractivity contribution < 1.29 is 9.53 Å². The van der Waals surface area contributed by atoms with Crippen molar-refractivity contribution >= 4 is 11.8 Å². The van der Waals surface area contributed by atoms with E-state index in [4.69, 9.17) is 0 Å². The molecule has 0 unspecified atom stereocenters. The first-order valence-corrected chi connectivity index (χ1v) is 6.71. The van der Waals surface area contributed by atoms with Crippen LogP contribution in [0.3, 0.4) is 0 Å². The number of carbonyl (C=O) groups excluding carboxylic acids is 1. The van der Waals surface area contributed by atoms with Gasteiger partial charge in [-0.1, -0.05) is 13.8 Å². The van der Waals surface area contributed by atoms with Crippen LogP contribution in [0.1, 0.15) is 30.6 Å². The van der Waals surface area contributed by atoms with E-state index in [1.807, 2.05) is 0 Å². The number of nitrogens with zero attached hydrogens (tertiary/aromatic N) is 2. The van der Waals surface area contributed by atoms with Crippen LogP contribution in [0, 0.1) is 0 Å². The lowest BCUT2D eigenvalue weighted by atomic mass is 10.2. The summed E-state index contributed by atoms with van der Waals surface area (Å²) in [7, 11) is 1.37. The molecule has 0 aliphatic heterocycles. The topological polar surface area (TPSA) is 54.5 Å². The zero-order valence-corrected chi connectivity index (χ0v) is 12.0. The minimum atomic E-state index is -0.341. The molecule has 1 N–H and O–H groups in total. The normalized spacial score (nSPS) is 10.5. The second-order valence-corrected chi connectivity index (χ2v) is 4.28. The van der Waals surface area contributed by atoms with Crippen LogP contribution in [0.25, 0.3) is 0 Å². The Morgan fingerprint density at radius 2 is 2.21 bits per heavy atom. The van der Waals surface area contributed by atoms with E-state index in [0.717, 1.165) is 32.6 Å². The molecule has 0 fully saturated rings. The Bertz CT molecular complexity index is 396. The van der Waals surface area contributed by atoms with Crippen LogP contribution in [-0.2, 0) is 4.74 Å². The van der Waals surface area contributed by atoms with Crippen molar-refractivity contribution in [1.29, 1.82) is 0 Å². The van der Waals surface area contributed by atoms with E-state index in [2.05, 4.69) is 33.8 Å². The average Bonchev–Trinajstić information content (AvgIpc) is 2.45. The fourth-order valence-corrected chi connectivity index (χ4v) is 1.86. The van der Waals surface area contributed by atoms with Gasteiger partial charge in [0.15, 0.2) is 0 Å². The van der Waals surface area contributed by atoms with Gasteiger partial charge in [0.05, 0.1) is 12.7 Å². The predicted octanol–water partition coefficient (Wildman–Crippen LogP) is 2.01. The molecule has 0 atom stereocenters. The summed E-state index contributed by atoms with van der Waals surface area (Å²) in [5.41, 5.74) is 0.515. The van der Waals surface area contributed by atoms with Crippen LogP contribution < -0.4 is 5.32 Å². The first-order chi connectivity index (χ1) is 9.21. The second-order valence-electron chi connectivity index (χ2n) is 4.28. The molecule has 1 aromatic rings. The van der Waals surface area contributed by atoms with Gasteiger partial charge in [-0.3, -0.25) is 0 Å².